The smallest absolute Gasteiger partial charge is 0.336 e. The van der Waals surface area contributed by atoms with Crippen LogP contribution in [0.2, 0.25) is 0 Å². The van der Waals surface area contributed by atoms with Crippen molar-refractivity contribution < 1.29 is 27.9 Å². The van der Waals surface area contributed by atoms with Gasteiger partial charge < -0.3 is 5.11 Å². The van der Waals surface area contributed by atoms with Gasteiger partial charge in [-0.25, -0.2) is 13.2 Å². The molecule has 0 bridgehead atoms. The zero-order valence-corrected chi connectivity index (χ0v) is 11.8. The number of carboxylic acids is 1. The Hall–Kier alpha value is -1.78. The van der Waals surface area contributed by atoms with Crippen molar-refractivity contribution in [2.75, 3.05) is 6.54 Å². The fraction of sp³-hybridized carbons (Fsp3) is 0.300. The van der Waals surface area contributed by atoms with E-state index >= 15 is 0 Å². The van der Waals surface area contributed by atoms with Crippen molar-refractivity contribution in [3.8, 4) is 0 Å². The number of carbonyl (C=O) groups is 3. The molecule has 1 aliphatic heterocycles. The fourth-order valence-corrected chi connectivity index (χ4v) is 4.49. The third-order valence-corrected chi connectivity index (χ3v) is 6.09. The first kappa shape index (κ1) is 14.6. The van der Waals surface area contributed by atoms with Gasteiger partial charge in [0.15, 0.2) is 0 Å². The lowest BCUT2D eigenvalue weighted by Gasteiger charge is -2.30. The van der Waals surface area contributed by atoms with Crippen LogP contribution in [0.15, 0.2) is 15.7 Å². The van der Waals surface area contributed by atoms with Crippen molar-refractivity contribution in [2.24, 2.45) is 0 Å². The third kappa shape index (κ3) is 2.44. The molecule has 20 heavy (non-hydrogen) atoms. The van der Waals surface area contributed by atoms with Crippen molar-refractivity contribution in [1.29, 1.82) is 0 Å². The molecule has 2 heterocycles. The number of hydrogen-bond acceptors (Lipinski definition) is 6. The number of hydrogen-bond donors (Lipinski definition) is 2. The van der Waals surface area contributed by atoms with Crippen LogP contribution in [0, 0.1) is 0 Å². The Morgan fingerprint density at radius 3 is 2.70 bits per heavy atom. The second-order valence-corrected chi connectivity index (χ2v) is 7.13. The minimum absolute atomic E-state index is 0.158. The molecule has 10 heteroatoms. The van der Waals surface area contributed by atoms with E-state index in [1.165, 1.54) is 12.3 Å². The molecule has 0 aliphatic carbocycles. The summed E-state index contributed by atoms with van der Waals surface area (Å²) in [5.74, 6) is -2.67. The SMILES string of the molecule is CC1C(=O)NC(=O)CN1S(=O)(=O)c1cc(C(=O)O)cs1. The van der Waals surface area contributed by atoms with E-state index in [2.05, 4.69) is 0 Å². The van der Waals surface area contributed by atoms with Crippen molar-refractivity contribution in [2.45, 2.75) is 17.2 Å². The van der Waals surface area contributed by atoms with E-state index in [1.54, 1.807) is 0 Å². The molecule has 108 valence electrons. The molecule has 0 radical (unpaired) electrons. The number of aromatic carboxylic acids is 1. The van der Waals surface area contributed by atoms with Crippen LogP contribution in [0.1, 0.15) is 17.3 Å². The molecule has 1 atom stereocenters. The number of rotatable bonds is 3. The molecule has 1 aromatic rings. The largest absolute Gasteiger partial charge is 0.478 e. The number of carbonyl (C=O) groups excluding carboxylic acids is 2. The highest BCUT2D eigenvalue weighted by molar-refractivity contribution is 7.91. The topological polar surface area (TPSA) is 121 Å². The number of sulfonamides is 1. The Morgan fingerprint density at radius 2 is 2.15 bits per heavy atom. The molecule has 1 fully saturated rings. The number of nitrogens with zero attached hydrogens (tertiary/aromatic N) is 1. The van der Waals surface area contributed by atoms with E-state index in [4.69, 9.17) is 5.11 Å². The Bertz CT molecular complexity index is 692. The second kappa shape index (κ2) is 4.96. The first-order valence-corrected chi connectivity index (χ1v) is 7.73. The molecular weight excluding hydrogens is 308 g/mol. The van der Waals surface area contributed by atoms with Gasteiger partial charge in [0.1, 0.15) is 10.3 Å². The molecule has 0 saturated carbocycles. The summed E-state index contributed by atoms with van der Waals surface area (Å²) in [6, 6.07) is -0.0282. The first-order chi connectivity index (χ1) is 9.23. The lowest BCUT2D eigenvalue weighted by atomic mass is 10.2. The van der Waals surface area contributed by atoms with Gasteiger partial charge in [0.25, 0.3) is 10.0 Å². The van der Waals surface area contributed by atoms with Gasteiger partial charge in [0.2, 0.25) is 11.8 Å². The maximum atomic E-state index is 12.3. The van der Waals surface area contributed by atoms with Crippen molar-refractivity contribution in [1.82, 2.24) is 9.62 Å². The van der Waals surface area contributed by atoms with Crippen molar-refractivity contribution >= 4 is 39.1 Å². The van der Waals surface area contributed by atoms with Crippen LogP contribution < -0.4 is 5.32 Å². The molecule has 1 aromatic heterocycles. The zero-order chi connectivity index (χ0) is 15.1. The summed E-state index contributed by atoms with van der Waals surface area (Å²) in [5, 5.41) is 12.0. The van der Waals surface area contributed by atoms with Gasteiger partial charge in [-0.1, -0.05) is 0 Å². The molecular formula is C10H10N2O6S2. The number of nitrogens with one attached hydrogen (secondary N) is 1. The molecule has 8 nitrogen and oxygen atoms in total. The summed E-state index contributed by atoms with van der Waals surface area (Å²) in [4.78, 5) is 33.5. The number of amides is 2. The van der Waals surface area contributed by atoms with E-state index in [1.807, 2.05) is 5.32 Å². The lowest BCUT2D eigenvalue weighted by molar-refractivity contribution is -0.136. The lowest BCUT2D eigenvalue weighted by Crippen LogP contribution is -2.58. The summed E-state index contributed by atoms with van der Waals surface area (Å²) < 4.78 is 25.2. The Labute approximate surface area is 118 Å². The number of thiophene rings is 1. The maximum Gasteiger partial charge on any atom is 0.336 e. The molecule has 1 aliphatic rings. The number of imide groups is 1. The standard InChI is InChI=1S/C10H10N2O6S2/c1-5-9(14)11-7(13)3-12(5)20(17,18)8-2-6(4-19-8)10(15)16/h2,4-5H,3H2,1H3,(H,15,16)(H,11,13,14). The normalized spacial score (nSPS) is 20.8. The quantitative estimate of drug-likeness (QED) is 0.724. The summed E-state index contributed by atoms with van der Waals surface area (Å²) in [6.45, 7) is 0.876. The second-order valence-electron chi connectivity index (χ2n) is 4.10. The summed E-state index contributed by atoms with van der Waals surface area (Å²) in [5.41, 5.74) is -0.158. The van der Waals surface area contributed by atoms with E-state index in [-0.39, 0.29) is 9.77 Å². The molecule has 2 amide bonds. The molecule has 1 unspecified atom stereocenters. The summed E-state index contributed by atoms with van der Waals surface area (Å²) in [6.07, 6.45) is 0. The predicted molar refractivity (Wildman–Crippen MR) is 67.8 cm³/mol. The van der Waals surface area contributed by atoms with E-state index in [0.29, 0.717) is 0 Å². The van der Waals surface area contributed by atoms with E-state index in [9.17, 15) is 22.8 Å². The fourth-order valence-electron chi connectivity index (χ4n) is 1.66. The van der Waals surface area contributed by atoms with Gasteiger partial charge in [0.05, 0.1) is 12.1 Å². The molecule has 0 aromatic carbocycles. The Morgan fingerprint density at radius 1 is 1.50 bits per heavy atom. The van der Waals surface area contributed by atoms with Crippen LogP contribution in [0.4, 0.5) is 0 Å². The van der Waals surface area contributed by atoms with Gasteiger partial charge in [-0.3, -0.25) is 14.9 Å². The van der Waals surface area contributed by atoms with Gasteiger partial charge in [-0.05, 0) is 13.0 Å². The van der Waals surface area contributed by atoms with Gasteiger partial charge in [-0.15, -0.1) is 11.3 Å². The summed E-state index contributed by atoms with van der Waals surface area (Å²) >= 11 is 0.729. The van der Waals surface area contributed by atoms with Crippen molar-refractivity contribution in [3.63, 3.8) is 0 Å². The van der Waals surface area contributed by atoms with Crippen LogP contribution in [-0.4, -0.2) is 48.2 Å². The Kier molecular flexibility index (Phi) is 3.63. The predicted octanol–water partition coefficient (Wildman–Crippen LogP) is -0.518. The highest BCUT2D eigenvalue weighted by Gasteiger charge is 2.39. The average molecular weight is 318 g/mol. The van der Waals surface area contributed by atoms with Gasteiger partial charge >= 0.3 is 5.97 Å². The van der Waals surface area contributed by atoms with Crippen LogP contribution >= 0.6 is 11.3 Å². The molecule has 1 saturated heterocycles. The minimum atomic E-state index is -4.08. The highest BCUT2D eigenvalue weighted by atomic mass is 32.2. The first-order valence-electron chi connectivity index (χ1n) is 5.41. The zero-order valence-electron chi connectivity index (χ0n) is 10.2. The van der Waals surface area contributed by atoms with Crippen LogP contribution in [-0.2, 0) is 19.6 Å². The molecule has 2 rings (SSSR count). The monoisotopic (exact) mass is 318 g/mol. The highest BCUT2D eigenvalue weighted by Crippen LogP contribution is 2.26. The van der Waals surface area contributed by atoms with Gasteiger partial charge in [0, 0.05) is 5.38 Å². The third-order valence-electron chi connectivity index (χ3n) is 2.76. The van der Waals surface area contributed by atoms with Gasteiger partial charge in [-0.2, -0.15) is 4.31 Å². The van der Waals surface area contributed by atoms with Crippen molar-refractivity contribution in [3.05, 3.63) is 17.0 Å². The van der Waals surface area contributed by atoms with Crippen LogP contribution in [0.3, 0.4) is 0 Å². The number of piperazine rings is 1. The minimum Gasteiger partial charge on any atom is -0.478 e. The number of carboxylic acid groups (broad SMARTS) is 1. The average Bonchev–Trinajstić information content (AvgIpc) is 2.83. The van der Waals surface area contributed by atoms with E-state index in [0.717, 1.165) is 21.7 Å². The maximum absolute atomic E-state index is 12.3. The molecule has 0 spiro atoms. The van der Waals surface area contributed by atoms with Crippen LogP contribution in [0.5, 0.6) is 0 Å². The summed E-state index contributed by atoms with van der Waals surface area (Å²) in [7, 11) is -4.08. The molecule has 2 N–H and O–H groups in total. The van der Waals surface area contributed by atoms with Crippen LogP contribution in [0.25, 0.3) is 0 Å². The Balaban J connectivity index is 2.40. The van der Waals surface area contributed by atoms with E-state index < -0.39 is 40.4 Å².